The van der Waals surface area contributed by atoms with Crippen LogP contribution >= 0.6 is 11.6 Å². The number of hydrogen-bond donors (Lipinski definition) is 0. The molecule has 1 aromatic rings. The van der Waals surface area contributed by atoms with Crippen molar-refractivity contribution in [2.45, 2.75) is 45.4 Å². The summed E-state index contributed by atoms with van der Waals surface area (Å²) in [5.41, 5.74) is 0. The minimum Gasteiger partial charge on any atom is -0.478 e. The van der Waals surface area contributed by atoms with Gasteiger partial charge in [0.1, 0.15) is 0 Å². The lowest BCUT2D eigenvalue weighted by molar-refractivity contribution is 0.293. The SMILES string of the molecule is CCCCCCCCOc1ccc(Cl)cn1. The Bertz CT molecular complexity index is 274. The molecule has 0 saturated carbocycles. The summed E-state index contributed by atoms with van der Waals surface area (Å²) in [5, 5.41) is 0.645. The number of halogens is 1. The number of ether oxygens (including phenoxy) is 1. The summed E-state index contributed by atoms with van der Waals surface area (Å²) in [6, 6.07) is 3.60. The highest BCUT2D eigenvalue weighted by atomic mass is 35.5. The first-order valence-electron chi connectivity index (χ1n) is 6.07. The van der Waals surface area contributed by atoms with Crippen molar-refractivity contribution in [1.82, 2.24) is 4.98 Å². The van der Waals surface area contributed by atoms with Gasteiger partial charge in [-0.2, -0.15) is 0 Å². The van der Waals surface area contributed by atoms with Gasteiger partial charge in [-0.3, -0.25) is 0 Å². The molecule has 0 fully saturated rings. The molecule has 90 valence electrons. The molecule has 0 saturated heterocycles. The van der Waals surface area contributed by atoms with E-state index < -0.39 is 0 Å². The zero-order chi connectivity index (χ0) is 11.6. The molecule has 0 atom stereocenters. The minimum atomic E-state index is 0.645. The smallest absolute Gasteiger partial charge is 0.213 e. The van der Waals surface area contributed by atoms with Crippen molar-refractivity contribution >= 4 is 11.6 Å². The van der Waals surface area contributed by atoms with E-state index in [1.807, 2.05) is 0 Å². The molecule has 2 nitrogen and oxygen atoms in total. The van der Waals surface area contributed by atoms with E-state index in [4.69, 9.17) is 16.3 Å². The predicted octanol–water partition coefficient (Wildman–Crippen LogP) is 4.47. The Morgan fingerprint density at radius 1 is 1.12 bits per heavy atom. The Kier molecular flexibility index (Phi) is 6.98. The summed E-state index contributed by atoms with van der Waals surface area (Å²) in [4.78, 5) is 4.07. The number of hydrogen-bond acceptors (Lipinski definition) is 2. The Balaban J connectivity index is 2.01. The van der Waals surface area contributed by atoms with E-state index in [0.717, 1.165) is 13.0 Å². The summed E-state index contributed by atoms with van der Waals surface area (Å²) >= 11 is 5.73. The van der Waals surface area contributed by atoms with Crippen LogP contribution in [0.3, 0.4) is 0 Å². The van der Waals surface area contributed by atoms with Crippen molar-refractivity contribution in [3.05, 3.63) is 23.4 Å². The van der Waals surface area contributed by atoms with Gasteiger partial charge in [-0.1, -0.05) is 50.6 Å². The lowest BCUT2D eigenvalue weighted by atomic mass is 10.1. The predicted molar refractivity (Wildman–Crippen MR) is 68.1 cm³/mol. The summed E-state index contributed by atoms with van der Waals surface area (Å²) in [6.07, 6.45) is 9.26. The van der Waals surface area contributed by atoms with Crippen molar-refractivity contribution < 1.29 is 4.74 Å². The molecule has 0 aliphatic rings. The van der Waals surface area contributed by atoms with Crippen LogP contribution in [-0.4, -0.2) is 11.6 Å². The highest BCUT2D eigenvalue weighted by Crippen LogP contribution is 2.12. The number of aromatic nitrogens is 1. The molecule has 0 bridgehead atoms. The van der Waals surface area contributed by atoms with Crippen LogP contribution in [0.15, 0.2) is 18.3 Å². The maximum Gasteiger partial charge on any atom is 0.213 e. The van der Waals surface area contributed by atoms with Crippen LogP contribution in [-0.2, 0) is 0 Å². The summed E-state index contributed by atoms with van der Waals surface area (Å²) in [5.74, 6) is 0.665. The standard InChI is InChI=1S/C13H20ClNO/c1-2-3-4-5-6-7-10-16-13-9-8-12(14)11-15-13/h8-9,11H,2-7,10H2,1H3. The molecule has 1 aromatic heterocycles. The van der Waals surface area contributed by atoms with E-state index in [1.54, 1.807) is 18.3 Å². The summed E-state index contributed by atoms with van der Waals surface area (Å²) < 4.78 is 5.50. The minimum absolute atomic E-state index is 0.645. The first-order valence-corrected chi connectivity index (χ1v) is 6.45. The molecule has 0 aliphatic carbocycles. The average Bonchev–Trinajstić information content (AvgIpc) is 2.30. The third-order valence-corrected chi connectivity index (χ3v) is 2.67. The second-order valence-electron chi connectivity index (χ2n) is 3.93. The zero-order valence-corrected chi connectivity index (χ0v) is 10.7. The normalized spacial score (nSPS) is 10.4. The molecule has 0 amide bonds. The molecule has 3 heteroatoms. The van der Waals surface area contributed by atoms with Crippen molar-refractivity contribution in [3.63, 3.8) is 0 Å². The number of unbranched alkanes of at least 4 members (excludes halogenated alkanes) is 5. The van der Waals surface area contributed by atoms with Gasteiger partial charge < -0.3 is 4.74 Å². The molecule has 16 heavy (non-hydrogen) atoms. The lowest BCUT2D eigenvalue weighted by Gasteiger charge is -2.04. The van der Waals surface area contributed by atoms with Crippen LogP contribution in [0.4, 0.5) is 0 Å². The highest BCUT2D eigenvalue weighted by molar-refractivity contribution is 6.30. The summed E-state index contributed by atoms with van der Waals surface area (Å²) in [7, 11) is 0. The summed E-state index contributed by atoms with van der Waals surface area (Å²) in [6.45, 7) is 2.98. The van der Waals surface area contributed by atoms with Crippen LogP contribution in [0.2, 0.25) is 5.02 Å². The Labute approximate surface area is 103 Å². The third-order valence-electron chi connectivity index (χ3n) is 2.45. The third kappa shape index (κ3) is 5.96. The van der Waals surface area contributed by atoms with Crippen molar-refractivity contribution in [1.29, 1.82) is 0 Å². The van der Waals surface area contributed by atoms with Crippen molar-refractivity contribution in [2.24, 2.45) is 0 Å². The van der Waals surface area contributed by atoms with Gasteiger partial charge in [0, 0.05) is 12.3 Å². The molecular weight excluding hydrogens is 222 g/mol. The number of nitrogens with zero attached hydrogens (tertiary/aromatic N) is 1. The van der Waals surface area contributed by atoms with Crippen LogP contribution < -0.4 is 4.74 Å². The average molecular weight is 242 g/mol. The highest BCUT2D eigenvalue weighted by Gasteiger charge is 1.95. The molecule has 1 rings (SSSR count). The van der Waals surface area contributed by atoms with Gasteiger partial charge in [-0.15, -0.1) is 0 Å². The molecule has 0 aliphatic heterocycles. The Morgan fingerprint density at radius 3 is 2.56 bits per heavy atom. The van der Waals surface area contributed by atoms with Gasteiger partial charge in [0.2, 0.25) is 5.88 Å². The van der Waals surface area contributed by atoms with Crippen LogP contribution in [0.25, 0.3) is 0 Å². The monoisotopic (exact) mass is 241 g/mol. The Morgan fingerprint density at radius 2 is 1.88 bits per heavy atom. The second-order valence-corrected chi connectivity index (χ2v) is 4.37. The van der Waals surface area contributed by atoms with Gasteiger partial charge in [-0.05, 0) is 12.5 Å². The number of pyridine rings is 1. The fourth-order valence-electron chi connectivity index (χ4n) is 1.51. The molecule has 0 unspecified atom stereocenters. The first kappa shape index (κ1) is 13.3. The molecule has 0 spiro atoms. The van der Waals surface area contributed by atoms with Gasteiger partial charge in [0.25, 0.3) is 0 Å². The van der Waals surface area contributed by atoms with Crippen LogP contribution in [0, 0.1) is 0 Å². The lowest BCUT2D eigenvalue weighted by Crippen LogP contribution is -1.98. The van der Waals surface area contributed by atoms with E-state index in [9.17, 15) is 0 Å². The van der Waals surface area contributed by atoms with E-state index in [1.165, 1.54) is 32.1 Å². The van der Waals surface area contributed by atoms with E-state index >= 15 is 0 Å². The fraction of sp³-hybridized carbons (Fsp3) is 0.615. The van der Waals surface area contributed by atoms with E-state index in [0.29, 0.717) is 10.9 Å². The number of rotatable bonds is 8. The Hall–Kier alpha value is -0.760. The molecule has 0 radical (unpaired) electrons. The van der Waals surface area contributed by atoms with Gasteiger partial charge >= 0.3 is 0 Å². The largest absolute Gasteiger partial charge is 0.478 e. The molecule has 1 heterocycles. The van der Waals surface area contributed by atoms with E-state index in [2.05, 4.69) is 11.9 Å². The van der Waals surface area contributed by atoms with Gasteiger partial charge in [0.05, 0.1) is 11.6 Å². The van der Waals surface area contributed by atoms with Gasteiger partial charge in [-0.25, -0.2) is 4.98 Å². The molecule has 0 N–H and O–H groups in total. The van der Waals surface area contributed by atoms with Gasteiger partial charge in [0.15, 0.2) is 0 Å². The second kappa shape index (κ2) is 8.40. The zero-order valence-electron chi connectivity index (χ0n) is 9.92. The van der Waals surface area contributed by atoms with Crippen molar-refractivity contribution in [3.8, 4) is 5.88 Å². The molecule has 0 aromatic carbocycles. The maximum absolute atomic E-state index is 5.73. The quantitative estimate of drug-likeness (QED) is 0.627. The topological polar surface area (TPSA) is 22.1 Å². The van der Waals surface area contributed by atoms with Crippen LogP contribution in [0.5, 0.6) is 5.88 Å². The van der Waals surface area contributed by atoms with E-state index in [-0.39, 0.29) is 0 Å². The fourth-order valence-corrected chi connectivity index (χ4v) is 1.62. The first-order chi connectivity index (χ1) is 7.83. The maximum atomic E-state index is 5.73. The molecular formula is C13H20ClNO. The van der Waals surface area contributed by atoms with Crippen molar-refractivity contribution in [2.75, 3.05) is 6.61 Å². The van der Waals surface area contributed by atoms with Crippen LogP contribution in [0.1, 0.15) is 45.4 Å².